The molecule has 0 bridgehead atoms. The Morgan fingerprint density at radius 3 is 2.78 bits per heavy atom. The van der Waals surface area contributed by atoms with Crippen molar-refractivity contribution in [3.05, 3.63) is 11.6 Å². The number of fused-ring (bicyclic) bond motifs is 1. The summed E-state index contributed by atoms with van der Waals surface area (Å²) < 4.78 is 0. The second kappa shape index (κ2) is 5.27. The monoisotopic (exact) mass is 263 g/mol. The van der Waals surface area contributed by atoms with Crippen LogP contribution in [0.3, 0.4) is 0 Å². The second-order valence-corrected chi connectivity index (χ2v) is 7.05. The SMILES string of the molecule is CC(C)C1=C[C@@H]2[C@H](CC[C@@H]2C)C[C@@](C)(N=C=S)C1. The van der Waals surface area contributed by atoms with Crippen molar-refractivity contribution in [1.82, 2.24) is 0 Å². The molecule has 0 spiro atoms. The summed E-state index contributed by atoms with van der Waals surface area (Å²) in [6, 6.07) is 0. The van der Waals surface area contributed by atoms with E-state index in [-0.39, 0.29) is 5.54 Å². The lowest BCUT2D eigenvalue weighted by molar-refractivity contribution is 0.308. The van der Waals surface area contributed by atoms with Gasteiger partial charge >= 0.3 is 0 Å². The number of allylic oxidation sites excluding steroid dienone is 1. The molecule has 0 radical (unpaired) electrons. The Labute approximate surface area is 117 Å². The third-order valence-corrected chi connectivity index (χ3v) is 5.04. The van der Waals surface area contributed by atoms with Crippen molar-refractivity contribution >= 4 is 17.4 Å². The van der Waals surface area contributed by atoms with Gasteiger partial charge in [0.2, 0.25) is 0 Å². The molecule has 0 N–H and O–H groups in total. The smallest absolute Gasteiger partial charge is 0.0722 e. The second-order valence-electron chi connectivity index (χ2n) is 6.87. The lowest BCUT2D eigenvalue weighted by atomic mass is 9.83. The molecular formula is C16H25NS. The van der Waals surface area contributed by atoms with Gasteiger partial charge in [0.1, 0.15) is 0 Å². The van der Waals surface area contributed by atoms with Gasteiger partial charge in [0.05, 0.1) is 10.7 Å². The fourth-order valence-corrected chi connectivity index (χ4v) is 4.06. The van der Waals surface area contributed by atoms with E-state index < -0.39 is 0 Å². The average molecular weight is 263 g/mol. The zero-order chi connectivity index (χ0) is 13.3. The minimum absolute atomic E-state index is 0.0126. The first-order chi connectivity index (χ1) is 8.45. The van der Waals surface area contributed by atoms with Crippen molar-refractivity contribution < 1.29 is 0 Å². The van der Waals surface area contributed by atoms with Crippen LogP contribution in [0.2, 0.25) is 0 Å². The predicted molar refractivity (Wildman–Crippen MR) is 81.0 cm³/mol. The quantitative estimate of drug-likeness (QED) is 0.393. The first kappa shape index (κ1) is 14.0. The molecule has 18 heavy (non-hydrogen) atoms. The third kappa shape index (κ3) is 2.75. The highest BCUT2D eigenvalue weighted by Gasteiger charge is 2.40. The molecule has 2 aliphatic carbocycles. The molecular weight excluding hydrogens is 238 g/mol. The average Bonchev–Trinajstić information content (AvgIpc) is 2.54. The van der Waals surface area contributed by atoms with Crippen LogP contribution in [0, 0.1) is 23.7 Å². The number of thiocarbonyl (C=S) groups is 1. The summed E-state index contributed by atoms with van der Waals surface area (Å²) in [5, 5.41) is 2.64. The molecule has 2 aliphatic rings. The Balaban J connectivity index is 2.35. The standard InChI is InChI=1S/C16H25NS/c1-11(2)14-7-15-12(3)5-6-13(15)8-16(4,9-14)17-10-18/h7,11-13,15H,5-6,8-9H2,1-4H3/t12-,13+,15-,16+/m0/s1. The molecule has 2 rings (SSSR count). The fourth-order valence-electron chi connectivity index (χ4n) is 3.84. The van der Waals surface area contributed by atoms with Crippen molar-refractivity contribution in [2.24, 2.45) is 28.7 Å². The number of hydrogen-bond donors (Lipinski definition) is 0. The molecule has 0 aromatic carbocycles. The maximum absolute atomic E-state index is 4.86. The first-order valence-corrected chi connectivity index (χ1v) is 7.65. The van der Waals surface area contributed by atoms with Gasteiger partial charge in [-0.15, -0.1) is 0 Å². The van der Waals surface area contributed by atoms with E-state index in [2.05, 4.69) is 43.9 Å². The van der Waals surface area contributed by atoms with E-state index in [1.807, 2.05) is 0 Å². The van der Waals surface area contributed by atoms with Gasteiger partial charge in [-0.3, -0.25) is 0 Å². The normalized spacial score (nSPS) is 39.8. The Morgan fingerprint density at radius 1 is 1.44 bits per heavy atom. The van der Waals surface area contributed by atoms with Gasteiger partial charge in [0, 0.05) is 0 Å². The van der Waals surface area contributed by atoms with Crippen molar-refractivity contribution in [2.45, 2.75) is 58.9 Å². The summed E-state index contributed by atoms with van der Waals surface area (Å²) >= 11 is 4.86. The first-order valence-electron chi connectivity index (χ1n) is 7.25. The molecule has 1 nitrogen and oxygen atoms in total. The van der Waals surface area contributed by atoms with Gasteiger partial charge in [-0.1, -0.05) is 32.4 Å². The van der Waals surface area contributed by atoms with E-state index in [0.717, 1.165) is 24.2 Å². The van der Waals surface area contributed by atoms with Crippen LogP contribution in [0.1, 0.15) is 53.4 Å². The van der Waals surface area contributed by atoms with E-state index in [9.17, 15) is 0 Å². The number of isothiocyanates is 1. The molecule has 0 amide bonds. The molecule has 1 saturated carbocycles. The minimum Gasteiger partial charge on any atom is -0.226 e. The van der Waals surface area contributed by atoms with Crippen LogP contribution < -0.4 is 0 Å². The van der Waals surface area contributed by atoms with Gasteiger partial charge in [-0.25, -0.2) is 4.99 Å². The maximum atomic E-state index is 4.86. The summed E-state index contributed by atoms with van der Waals surface area (Å²) in [6.07, 6.45) is 7.55. The molecule has 2 heteroatoms. The van der Waals surface area contributed by atoms with E-state index >= 15 is 0 Å². The number of hydrogen-bond acceptors (Lipinski definition) is 2. The van der Waals surface area contributed by atoms with E-state index in [0.29, 0.717) is 5.92 Å². The lowest BCUT2D eigenvalue weighted by Gasteiger charge is -2.27. The summed E-state index contributed by atoms with van der Waals surface area (Å²) in [4.78, 5) is 4.52. The molecule has 0 aliphatic heterocycles. The van der Waals surface area contributed by atoms with Gasteiger partial charge in [0.25, 0.3) is 0 Å². The van der Waals surface area contributed by atoms with Crippen LogP contribution in [0.5, 0.6) is 0 Å². The van der Waals surface area contributed by atoms with Gasteiger partial charge < -0.3 is 0 Å². The Kier molecular flexibility index (Phi) is 4.08. The van der Waals surface area contributed by atoms with Crippen LogP contribution >= 0.6 is 12.2 Å². The largest absolute Gasteiger partial charge is 0.226 e. The maximum Gasteiger partial charge on any atom is 0.0722 e. The Morgan fingerprint density at radius 2 is 2.17 bits per heavy atom. The van der Waals surface area contributed by atoms with Crippen molar-refractivity contribution in [3.8, 4) is 0 Å². The molecule has 4 atom stereocenters. The molecule has 0 aromatic heterocycles. The number of aliphatic imine (C=N–C) groups is 1. The molecule has 1 fully saturated rings. The Hall–Kier alpha value is -0.460. The van der Waals surface area contributed by atoms with Crippen molar-refractivity contribution in [3.63, 3.8) is 0 Å². The van der Waals surface area contributed by atoms with E-state index in [4.69, 9.17) is 12.2 Å². The van der Waals surface area contributed by atoms with Crippen molar-refractivity contribution in [1.29, 1.82) is 0 Å². The van der Waals surface area contributed by atoms with Crippen LogP contribution in [-0.4, -0.2) is 10.7 Å². The van der Waals surface area contributed by atoms with E-state index in [1.165, 1.54) is 19.3 Å². The highest BCUT2D eigenvalue weighted by Crippen LogP contribution is 2.47. The zero-order valence-electron chi connectivity index (χ0n) is 12.1. The van der Waals surface area contributed by atoms with Crippen LogP contribution in [0.25, 0.3) is 0 Å². The molecule has 100 valence electrons. The van der Waals surface area contributed by atoms with E-state index in [1.54, 1.807) is 5.57 Å². The van der Waals surface area contributed by atoms with Gasteiger partial charge in [-0.2, -0.15) is 0 Å². The summed E-state index contributed by atoms with van der Waals surface area (Å²) in [5.41, 5.74) is 1.56. The summed E-state index contributed by atoms with van der Waals surface area (Å²) in [6.45, 7) is 9.26. The Bertz CT molecular complexity index is 392. The molecule has 0 unspecified atom stereocenters. The highest BCUT2D eigenvalue weighted by molar-refractivity contribution is 7.78. The van der Waals surface area contributed by atoms with Crippen LogP contribution in [0.15, 0.2) is 16.6 Å². The molecule has 0 saturated heterocycles. The number of rotatable bonds is 2. The summed E-state index contributed by atoms with van der Waals surface area (Å²) in [5.74, 6) is 3.02. The highest BCUT2D eigenvalue weighted by atomic mass is 32.1. The molecule has 0 aromatic rings. The number of nitrogens with zero attached hydrogens (tertiary/aromatic N) is 1. The van der Waals surface area contributed by atoms with Gasteiger partial charge in [-0.05, 0) is 68.5 Å². The molecule has 0 heterocycles. The third-order valence-electron chi connectivity index (χ3n) is 4.94. The topological polar surface area (TPSA) is 12.4 Å². The zero-order valence-corrected chi connectivity index (χ0v) is 12.9. The van der Waals surface area contributed by atoms with Crippen LogP contribution in [0.4, 0.5) is 0 Å². The fraction of sp³-hybridized carbons (Fsp3) is 0.812. The summed E-state index contributed by atoms with van der Waals surface area (Å²) in [7, 11) is 0. The predicted octanol–water partition coefficient (Wildman–Crippen LogP) is 4.89. The lowest BCUT2D eigenvalue weighted by Crippen LogP contribution is -2.26. The minimum atomic E-state index is -0.0126. The van der Waals surface area contributed by atoms with Crippen LogP contribution in [-0.2, 0) is 0 Å². The van der Waals surface area contributed by atoms with Gasteiger partial charge in [0.15, 0.2) is 0 Å². The van der Waals surface area contributed by atoms with Crippen molar-refractivity contribution in [2.75, 3.05) is 0 Å².